The normalized spacial score (nSPS) is 10.4. The maximum Gasteiger partial charge on any atom is 0.358 e. The quantitative estimate of drug-likeness (QED) is 0.897. The van der Waals surface area contributed by atoms with E-state index in [4.69, 9.17) is 32.8 Å². The summed E-state index contributed by atoms with van der Waals surface area (Å²) in [6, 6.07) is 6.11. The molecule has 0 saturated heterocycles. The van der Waals surface area contributed by atoms with Gasteiger partial charge in [0.1, 0.15) is 0 Å². The molecule has 0 atom stereocenters. The second-order valence-electron chi connectivity index (χ2n) is 3.01. The molecule has 16 heavy (non-hydrogen) atoms. The van der Waals surface area contributed by atoms with E-state index in [-0.39, 0.29) is 5.69 Å². The van der Waals surface area contributed by atoms with Crippen molar-refractivity contribution in [2.45, 2.75) is 0 Å². The van der Waals surface area contributed by atoms with E-state index in [9.17, 15) is 4.79 Å². The van der Waals surface area contributed by atoms with Gasteiger partial charge in [0.15, 0.2) is 11.5 Å². The summed E-state index contributed by atoms with van der Waals surface area (Å²) in [7, 11) is 0. The SMILES string of the molecule is O=C(O)c1cc(-c2ccc(Cl)cc2Cl)on1. The van der Waals surface area contributed by atoms with E-state index < -0.39 is 5.97 Å². The highest BCUT2D eigenvalue weighted by Crippen LogP contribution is 2.30. The highest BCUT2D eigenvalue weighted by Gasteiger charge is 2.14. The van der Waals surface area contributed by atoms with Gasteiger partial charge in [-0.05, 0) is 18.2 Å². The summed E-state index contributed by atoms with van der Waals surface area (Å²) in [6.07, 6.45) is 0. The lowest BCUT2D eigenvalue weighted by Gasteiger charge is -1.99. The van der Waals surface area contributed by atoms with Gasteiger partial charge in [0.2, 0.25) is 0 Å². The van der Waals surface area contributed by atoms with Crippen LogP contribution in [0.25, 0.3) is 11.3 Å². The van der Waals surface area contributed by atoms with Crippen LogP contribution in [0.1, 0.15) is 10.5 Å². The van der Waals surface area contributed by atoms with Crippen molar-refractivity contribution in [1.82, 2.24) is 5.16 Å². The van der Waals surface area contributed by atoms with Crippen LogP contribution in [0.2, 0.25) is 10.0 Å². The summed E-state index contributed by atoms with van der Waals surface area (Å²) in [5, 5.41) is 12.9. The van der Waals surface area contributed by atoms with Crippen molar-refractivity contribution in [3.05, 3.63) is 40.0 Å². The summed E-state index contributed by atoms with van der Waals surface area (Å²) in [4.78, 5) is 10.6. The third kappa shape index (κ3) is 2.03. The highest BCUT2D eigenvalue weighted by atomic mass is 35.5. The molecule has 0 saturated carbocycles. The zero-order valence-corrected chi connectivity index (χ0v) is 9.29. The summed E-state index contributed by atoms with van der Waals surface area (Å²) in [6.45, 7) is 0. The van der Waals surface area contributed by atoms with Gasteiger partial charge in [0.05, 0.1) is 5.02 Å². The molecule has 0 spiro atoms. The van der Waals surface area contributed by atoms with Crippen LogP contribution in [0.5, 0.6) is 0 Å². The average Bonchev–Trinajstić information content (AvgIpc) is 2.66. The van der Waals surface area contributed by atoms with Crippen molar-refractivity contribution in [1.29, 1.82) is 0 Å². The van der Waals surface area contributed by atoms with Crippen LogP contribution in [0.3, 0.4) is 0 Å². The van der Waals surface area contributed by atoms with Crippen LogP contribution in [0, 0.1) is 0 Å². The zero-order valence-electron chi connectivity index (χ0n) is 7.78. The van der Waals surface area contributed by atoms with Gasteiger partial charge in [-0.3, -0.25) is 0 Å². The van der Waals surface area contributed by atoms with Gasteiger partial charge in [-0.15, -0.1) is 0 Å². The molecule has 4 nitrogen and oxygen atoms in total. The van der Waals surface area contributed by atoms with Gasteiger partial charge in [-0.2, -0.15) is 0 Å². The standard InChI is InChI=1S/C10H5Cl2NO3/c11-5-1-2-6(7(12)3-5)9-4-8(10(14)15)13-16-9/h1-4H,(H,14,15). The van der Waals surface area contributed by atoms with Gasteiger partial charge in [0.25, 0.3) is 0 Å². The molecule has 1 N–H and O–H groups in total. The minimum absolute atomic E-state index is 0.166. The molecule has 2 rings (SSSR count). The maximum atomic E-state index is 10.6. The Labute approximate surface area is 100 Å². The van der Waals surface area contributed by atoms with Crippen LogP contribution < -0.4 is 0 Å². The van der Waals surface area contributed by atoms with E-state index in [1.165, 1.54) is 6.07 Å². The Morgan fingerprint density at radius 1 is 1.31 bits per heavy atom. The Bertz CT molecular complexity index is 551. The van der Waals surface area contributed by atoms with Crippen LogP contribution in [0.4, 0.5) is 0 Å². The summed E-state index contributed by atoms with van der Waals surface area (Å²) in [5.41, 5.74) is 0.382. The fourth-order valence-electron chi connectivity index (χ4n) is 1.19. The van der Waals surface area contributed by atoms with Gasteiger partial charge >= 0.3 is 5.97 Å². The number of aromatic nitrogens is 1. The molecule has 0 aliphatic rings. The van der Waals surface area contributed by atoms with E-state index in [2.05, 4.69) is 5.16 Å². The number of carbonyl (C=O) groups is 1. The zero-order chi connectivity index (χ0) is 11.7. The molecule has 0 fully saturated rings. The number of hydrogen-bond acceptors (Lipinski definition) is 3. The summed E-state index contributed by atoms with van der Waals surface area (Å²) in [5.74, 6) is -0.862. The topological polar surface area (TPSA) is 63.3 Å². The maximum absolute atomic E-state index is 10.6. The molecule has 0 unspecified atom stereocenters. The molecule has 2 aromatic rings. The van der Waals surface area contributed by atoms with Gasteiger partial charge in [-0.1, -0.05) is 28.4 Å². The molecule has 1 aromatic heterocycles. The Hall–Kier alpha value is -1.52. The number of benzene rings is 1. The first kappa shape index (κ1) is 11.0. The van der Waals surface area contributed by atoms with E-state index in [0.29, 0.717) is 21.4 Å². The Morgan fingerprint density at radius 3 is 2.62 bits per heavy atom. The van der Waals surface area contributed by atoms with Crippen molar-refractivity contribution in [3.8, 4) is 11.3 Å². The first-order valence-electron chi connectivity index (χ1n) is 4.23. The fraction of sp³-hybridized carbons (Fsp3) is 0. The Kier molecular flexibility index (Phi) is 2.85. The number of carboxylic acid groups (broad SMARTS) is 1. The first-order valence-corrected chi connectivity index (χ1v) is 4.99. The van der Waals surface area contributed by atoms with Crippen molar-refractivity contribution in [2.75, 3.05) is 0 Å². The van der Waals surface area contributed by atoms with Gasteiger partial charge < -0.3 is 9.63 Å². The van der Waals surface area contributed by atoms with Crippen LogP contribution >= 0.6 is 23.2 Å². The van der Waals surface area contributed by atoms with Crippen LogP contribution in [-0.4, -0.2) is 16.2 Å². The number of halogens is 2. The predicted molar refractivity (Wildman–Crippen MR) is 58.9 cm³/mol. The van der Waals surface area contributed by atoms with E-state index in [0.717, 1.165) is 0 Å². The monoisotopic (exact) mass is 257 g/mol. The minimum atomic E-state index is -1.15. The van der Waals surface area contributed by atoms with Gasteiger partial charge in [0, 0.05) is 16.7 Å². The second-order valence-corrected chi connectivity index (χ2v) is 3.85. The van der Waals surface area contributed by atoms with E-state index in [1.807, 2.05) is 0 Å². The molecule has 6 heteroatoms. The molecule has 82 valence electrons. The Morgan fingerprint density at radius 2 is 2.06 bits per heavy atom. The molecular weight excluding hydrogens is 253 g/mol. The highest BCUT2D eigenvalue weighted by molar-refractivity contribution is 6.36. The predicted octanol–water partition coefficient (Wildman–Crippen LogP) is 3.35. The molecular formula is C10H5Cl2NO3. The molecule has 1 heterocycles. The lowest BCUT2D eigenvalue weighted by Crippen LogP contribution is -1.94. The number of rotatable bonds is 2. The number of hydrogen-bond donors (Lipinski definition) is 1. The molecule has 0 amide bonds. The molecule has 0 aliphatic heterocycles. The number of carboxylic acids is 1. The lowest BCUT2D eigenvalue weighted by molar-refractivity contribution is 0.0686. The van der Waals surface area contributed by atoms with E-state index >= 15 is 0 Å². The molecule has 0 aliphatic carbocycles. The van der Waals surface area contributed by atoms with Crippen molar-refractivity contribution in [3.63, 3.8) is 0 Å². The number of nitrogens with zero attached hydrogens (tertiary/aromatic N) is 1. The second kappa shape index (κ2) is 4.15. The van der Waals surface area contributed by atoms with Crippen LogP contribution in [0.15, 0.2) is 28.8 Å². The molecule has 0 radical (unpaired) electrons. The lowest BCUT2D eigenvalue weighted by atomic mass is 10.1. The number of aromatic carboxylic acids is 1. The van der Waals surface area contributed by atoms with Crippen molar-refractivity contribution >= 4 is 29.2 Å². The van der Waals surface area contributed by atoms with Crippen LogP contribution in [-0.2, 0) is 0 Å². The summed E-state index contributed by atoms with van der Waals surface area (Å²) >= 11 is 11.7. The molecule has 0 bridgehead atoms. The third-order valence-corrected chi connectivity index (χ3v) is 2.47. The first-order chi connectivity index (χ1) is 7.58. The third-order valence-electron chi connectivity index (χ3n) is 1.93. The van der Waals surface area contributed by atoms with E-state index in [1.54, 1.807) is 18.2 Å². The minimum Gasteiger partial charge on any atom is -0.476 e. The fourth-order valence-corrected chi connectivity index (χ4v) is 1.69. The Balaban J connectivity index is 2.46. The van der Waals surface area contributed by atoms with Gasteiger partial charge in [-0.25, -0.2) is 4.79 Å². The molecule has 1 aromatic carbocycles. The van der Waals surface area contributed by atoms with Crippen molar-refractivity contribution < 1.29 is 14.4 Å². The summed E-state index contributed by atoms with van der Waals surface area (Å²) < 4.78 is 4.87. The largest absolute Gasteiger partial charge is 0.476 e. The average molecular weight is 258 g/mol. The smallest absolute Gasteiger partial charge is 0.358 e. The van der Waals surface area contributed by atoms with Crippen molar-refractivity contribution in [2.24, 2.45) is 0 Å².